The van der Waals surface area contributed by atoms with Crippen LogP contribution in [0.4, 0.5) is 5.69 Å². The molecule has 0 unspecified atom stereocenters. The number of carbonyl (C=O) groups is 1. The third-order valence-corrected chi connectivity index (χ3v) is 4.01. The average molecular weight is 379 g/mol. The minimum atomic E-state index is -0.521. The molecule has 0 spiro atoms. The number of carbonyl (C=O) groups excluding carboxylic acids is 1. The zero-order valence-electron chi connectivity index (χ0n) is 14.4. The zero-order chi connectivity index (χ0) is 19.2. The summed E-state index contributed by atoms with van der Waals surface area (Å²) in [7, 11) is 1.56. The van der Waals surface area contributed by atoms with Crippen molar-refractivity contribution in [2.75, 3.05) is 12.4 Å². The second kappa shape index (κ2) is 8.26. The smallest absolute Gasteiger partial charge is 0.266 e. The Kier molecular flexibility index (Phi) is 5.60. The first kappa shape index (κ1) is 18.3. The summed E-state index contributed by atoms with van der Waals surface area (Å²) >= 11 is 5.88. The summed E-state index contributed by atoms with van der Waals surface area (Å²) in [4.78, 5) is 12.3. The third kappa shape index (κ3) is 4.57. The van der Waals surface area contributed by atoms with E-state index in [9.17, 15) is 10.1 Å². The highest BCUT2D eigenvalue weighted by atomic mass is 35.5. The molecule has 1 amide bonds. The minimum absolute atomic E-state index is 0.0668. The Labute approximate surface area is 161 Å². The average Bonchev–Trinajstić information content (AvgIpc) is 3.16. The molecule has 0 aliphatic rings. The number of nitrogens with zero attached hydrogens (tertiary/aromatic N) is 1. The number of hydrogen-bond donors (Lipinski definition) is 1. The van der Waals surface area contributed by atoms with Gasteiger partial charge in [0.15, 0.2) is 0 Å². The Hall–Kier alpha value is -3.49. The predicted molar refractivity (Wildman–Crippen MR) is 104 cm³/mol. The van der Waals surface area contributed by atoms with Gasteiger partial charge in [0, 0.05) is 22.3 Å². The molecule has 1 heterocycles. The molecule has 1 N–H and O–H groups in total. The van der Waals surface area contributed by atoms with E-state index in [1.807, 2.05) is 18.2 Å². The van der Waals surface area contributed by atoms with Crippen molar-refractivity contribution in [1.82, 2.24) is 0 Å². The number of methoxy groups -OCH3 is 1. The minimum Gasteiger partial charge on any atom is -0.497 e. The second-order valence-corrected chi connectivity index (χ2v) is 6.00. The summed E-state index contributed by atoms with van der Waals surface area (Å²) in [6.45, 7) is 0. The molecule has 0 atom stereocenters. The predicted octanol–water partition coefficient (Wildman–Crippen LogP) is 5.15. The first-order valence-electron chi connectivity index (χ1n) is 8.02. The Morgan fingerprint density at radius 3 is 2.44 bits per heavy atom. The van der Waals surface area contributed by atoms with E-state index in [0.29, 0.717) is 28.0 Å². The summed E-state index contributed by atoms with van der Waals surface area (Å²) in [6.07, 6.45) is 1.40. The first-order valence-corrected chi connectivity index (χ1v) is 8.40. The molecule has 0 saturated heterocycles. The molecule has 5 nitrogen and oxygen atoms in total. The molecule has 0 aliphatic carbocycles. The molecule has 134 valence electrons. The standard InChI is InChI=1S/C21H15ClN2O3/c1-26-18-8-6-17(7-9-18)24-21(25)15(13-23)12-19-10-11-20(27-19)14-2-4-16(22)5-3-14/h2-12H,1H3,(H,24,25)/b15-12+. The summed E-state index contributed by atoms with van der Waals surface area (Å²) in [5, 5.41) is 12.6. The lowest BCUT2D eigenvalue weighted by Crippen LogP contribution is -2.13. The van der Waals surface area contributed by atoms with E-state index in [1.54, 1.807) is 55.6 Å². The second-order valence-electron chi connectivity index (χ2n) is 5.56. The van der Waals surface area contributed by atoms with Gasteiger partial charge in [-0.1, -0.05) is 11.6 Å². The molecular weight excluding hydrogens is 364 g/mol. The van der Waals surface area contributed by atoms with Gasteiger partial charge < -0.3 is 14.5 Å². The van der Waals surface area contributed by atoms with Crippen LogP contribution in [0.15, 0.2) is 70.7 Å². The van der Waals surface area contributed by atoms with Crippen LogP contribution in [0.25, 0.3) is 17.4 Å². The van der Waals surface area contributed by atoms with Gasteiger partial charge >= 0.3 is 0 Å². The number of ether oxygens (including phenoxy) is 1. The van der Waals surface area contributed by atoms with Crippen LogP contribution in [-0.4, -0.2) is 13.0 Å². The molecule has 0 saturated carbocycles. The lowest BCUT2D eigenvalue weighted by Gasteiger charge is -2.05. The van der Waals surface area contributed by atoms with Gasteiger partial charge in [-0.15, -0.1) is 0 Å². The Balaban J connectivity index is 1.76. The molecule has 0 aliphatic heterocycles. The van der Waals surface area contributed by atoms with Crippen LogP contribution in [0.3, 0.4) is 0 Å². The van der Waals surface area contributed by atoms with E-state index in [2.05, 4.69) is 5.32 Å². The topological polar surface area (TPSA) is 75.3 Å². The van der Waals surface area contributed by atoms with Gasteiger partial charge in [-0.05, 0) is 60.7 Å². The van der Waals surface area contributed by atoms with Crippen molar-refractivity contribution < 1.29 is 13.9 Å². The number of halogens is 1. The van der Waals surface area contributed by atoms with Crippen LogP contribution in [0.1, 0.15) is 5.76 Å². The van der Waals surface area contributed by atoms with Gasteiger partial charge in [0.05, 0.1) is 7.11 Å². The first-order chi connectivity index (χ1) is 13.1. The number of hydrogen-bond acceptors (Lipinski definition) is 4. The summed E-state index contributed by atoms with van der Waals surface area (Å²) < 4.78 is 10.8. The van der Waals surface area contributed by atoms with Gasteiger partial charge in [-0.2, -0.15) is 5.26 Å². The number of furan rings is 1. The van der Waals surface area contributed by atoms with Crippen LogP contribution in [0.2, 0.25) is 5.02 Å². The number of nitriles is 1. The number of nitrogens with one attached hydrogen (secondary N) is 1. The molecule has 0 bridgehead atoms. The maximum atomic E-state index is 12.3. The maximum absolute atomic E-state index is 12.3. The van der Waals surface area contributed by atoms with E-state index in [1.165, 1.54) is 6.08 Å². The van der Waals surface area contributed by atoms with Crippen molar-refractivity contribution in [2.45, 2.75) is 0 Å². The van der Waals surface area contributed by atoms with Gasteiger partial charge in [-0.25, -0.2) is 0 Å². The highest BCUT2D eigenvalue weighted by Crippen LogP contribution is 2.25. The van der Waals surface area contributed by atoms with E-state index in [-0.39, 0.29) is 5.57 Å². The van der Waals surface area contributed by atoms with Crippen molar-refractivity contribution in [3.63, 3.8) is 0 Å². The highest BCUT2D eigenvalue weighted by Gasteiger charge is 2.11. The quantitative estimate of drug-likeness (QED) is 0.491. The van der Waals surface area contributed by atoms with Crippen molar-refractivity contribution in [3.05, 3.63) is 77.0 Å². The molecular formula is C21H15ClN2O3. The Bertz CT molecular complexity index is 1010. The van der Waals surface area contributed by atoms with Crippen molar-refractivity contribution in [1.29, 1.82) is 5.26 Å². The van der Waals surface area contributed by atoms with E-state index in [4.69, 9.17) is 20.8 Å². The number of rotatable bonds is 5. The van der Waals surface area contributed by atoms with E-state index >= 15 is 0 Å². The largest absolute Gasteiger partial charge is 0.497 e. The molecule has 3 aromatic rings. The summed E-state index contributed by atoms with van der Waals surface area (Å²) in [5.41, 5.74) is 1.34. The normalized spacial score (nSPS) is 10.9. The fourth-order valence-electron chi connectivity index (χ4n) is 2.36. The highest BCUT2D eigenvalue weighted by molar-refractivity contribution is 6.30. The SMILES string of the molecule is COc1ccc(NC(=O)/C(C#N)=C/c2ccc(-c3ccc(Cl)cc3)o2)cc1. The zero-order valence-corrected chi connectivity index (χ0v) is 15.2. The third-order valence-electron chi connectivity index (χ3n) is 3.76. The molecule has 6 heteroatoms. The lowest BCUT2D eigenvalue weighted by molar-refractivity contribution is -0.112. The fourth-order valence-corrected chi connectivity index (χ4v) is 2.49. The molecule has 2 aromatic carbocycles. The number of anilines is 1. The lowest BCUT2D eigenvalue weighted by atomic mass is 10.2. The van der Waals surface area contributed by atoms with Crippen LogP contribution in [-0.2, 0) is 4.79 Å². The van der Waals surface area contributed by atoms with Crippen molar-refractivity contribution in [2.24, 2.45) is 0 Å². The van der Waals surface area contributed by atoms with Gasteiger partial charge in [0.1, 0.15) is 28.9 Å². The Morgan fingerprint density at radius 1 is 1.11 bits per heavy atom. The maximum Gasteiger partial charge on any atom is 0.266 e. The van der Waals surface area contributed by atoms with Crippen molar-refractivity contribution >= 4 is 29.3 Å². The monoisotopic (exact) mass is 378 g/mol. The van der Waals surface area contributed by atoms with Crippen LogP contribution in [0.5, 0.6) is 5.75 Å². The summed E-state index contributed by atoms with van der Waals surface area (Å²) in [5.74, 6) is 1.17. The number of amides is 1. The van der Waals surface area contributed by atoms with Gasteiger partial charge in [0.2, 0.25) is 0 Å². The van der Waals surface area contributed by atoms with Crippen LogP contribution < -0.4 is 10.1 Å². The molecule has 3 rings (SSSR count). The Morgan fingerprint density at radius 2 is 1.81 bits per heavy atom. The van der Waals surface area contributed by atoms with E-state index < -0.39 is 5.91 Å². The molecule has 27 heavy (non-hydrogen) atoms. The molecule has 1 aromatic heterocycles. The number of benzene rings is 2. The van der Waals surface area contributed by atoms with Gasteiger partial charge in [-0.3, -0.25) is 4.79 Å². The van der Waals surface area contributed by atoms with Gasteiger partial charge in [0.25, 0.3) is 5.91 Å². The van der Waals surface area contributed by atoms with Crippen molar-refractivity contribution in [3.8, 4) is 23.1 Å². The van der Waals surface area contributed by atoms with Crippen LogP contribution in [0, 0.1) is 11.3 Å². The van der Waals surface area contributed by atoms with Crippen LogP contribution >= 0.6 is 11.6 Å². The molecule has 0 fully saturated rings. The van der Waals surface area contributed by atoms with E-state index in [0.717, 1.165) is 5.56 Å². The summed E-state index contributed by atoms with van der Waals surface area (Å²) in [6, 6.07) is 19.4. The molecule has 0 radical (unpaired) electrons. The fraction of sp³-hybridized carbons (Fsp3) is 0.0476.